The third kappa shape index (κ3) is 42.0. The molecule has 1 heterocycles. The predicted molar refractivity (Wildman–Crippen MR) is 429 cm³/mol. The molecule has 1 saturated heterocycles. The molecule has 0 spiro atoms. The summed E-state index contributed by atoms with van der Waals surface area (Å²) in [5, 5.41) is 44.2. The van der Waals surface area contributed by atoms with Crippen molar-refractivity contribution in [2.45, 2.75) is 142 Å². The number of hydrogen-bond acceptors (Lipinski definition) is 13. The summed E-state index contributed by atoms with van der Waals surface area (Å²) in [7, 11) is 1.00. The molecule has 0 amide bonds. The second-order valence-corrected chi connectivity index (χ2v) is 27.8. The molecule has 0 aromatic heterocycles. The van der Waals surface area contributed by atoms with Crippen molar-refractivity contribution >= 4 is 89.1 Å². The Hall–Kier alpha value is -5.43. The van der Waals surface area contributed by atoms with Gasteiger partial charge in [0, 0.05) is 94.4 Å². The van der Waals surface area contributed by atoms with Crippen molar-refractivity contribution in [2.24, 2.45) is 17.8 Å². The Bertz CT molecular complexity index is 4320. The minimum Gasteiger partial charge on any atom is -1.00 e. The normalized spacial score (nSPS) is 13.8. The average Bonchev–Trinajstić information content (AvgIpc) is 1.30. The fourth-order valence-electron chi connectivity index (χ4n) is 9.81. The largest absolute Gasteiger partial charge is 1.00 e. The Balaban J connectivity index is -0.000000629. The van der Waals surface area contributed by atoms with Gasteiger partial charge in [-0.15, -0.1) is 12.1 Å². The van der Waals surface area contributed by atoms with Gasteiger partial charge in [0.25, 0.3) is 11.6 Å². The molecule has 12 rings (SSSR count). The van der Waals surface area contributed by atoms with E-state index < -0.39 is 46.2 Å². The fraction of sp³-hybridized carbons (Fsp3) is 0.329. The van der Waals surface area contributed by atoms with Crippen LogP contribution >= 0.6 is 46.4 Å². The Morgan fingerprint density at radius 1 is 0.549 bits per heavy atom. The Kier molecular flexibility index (Phi) is 54.7. The third-order valence-electron chi connectivity index (χ3n) is 16.5. The van der Waals surface area contributed by atoms with E-state index in [2.05, 4.69) is 120 Å². The Labute approximate surface area is 754 Å². The molecule has 3 atom stereocenters. The number of carbonyl (C=O) groups excluding carboxylic acids is 2. The Morgan fingerprint density at radius 3 is 1.30 bits per heavy atom. The first kappa shape index (κ1) is 112. The summed E-state index contributed by atoms with van der Waals surface area (Å²) in [5.74, 6) is 12.0. The monoisotopic (exact) mass is 1640 g/mol. The van der Waals surface area contributed by atoms with E-state index >= 15 is 0 Å². The first-order valence-electron chi connectivity index (χ1n) is 34.3. The summed E-state index contributed by atoms with van der Waals surface area (Å²) >= 11 is 23.2. The molecule has 0 bridgehead atoms. The number of ketones is 2. The number of aliphatic hydroxyl groups is 4. The molecular weight excluding hydrogens is 1550 g/mol. The number of hydrogen-bond donors (Lipinski definition) is 8. The van der Waals surface area contributed by atoms with Gasteiger partial charge in [-0.2, -0.15) is 50.5 Å². The van der Waals surface area contributed by atoms with Crippen molar-refractivity contribution in [1.29, 1.82) is 0 Å². The second-order valence-electron chi connectivity index (χ2n) is 26.0. The van der Waals surface area contributed by atoms with E-state index in [9.17, 15) is 46.1 Å². The molecule has 13 nitrogen and oxygen atoms in total. The van der Waals surface area contributed by atoms with Gasteiger partial charge in [-0.05, 0) is 201 Å². The molecule has 4 fully saturated rings. The second kappa shape index (κ2) is 55.3. The number of nitrogens with zero attached hydrogens (tertiary/aromatic N) is 1. The number of likely N-dealkylation sites (tertiary alicyclic amines) is 1. The smallest absolute Gasteiger partial charge is 1.00 e. The number of nitrogen functional groups attached to an aromatic ring is 2. The number of Topliss-reactive ketones (excluding diaryl/α,β-unsaturated/α-hetero) is 2. The minimum atomic E-state index is -4.94. The van der Waals surface area contributed by atoms with Gasteiger partial charge in [-0.25, -0.2) is 0 Å². The van der Waals surface area contributed by atoms with Crippen molar-refractivity contribution in [3.63, 3.8) is 0 Å². The van der Waals surface area contributed by atoms with E-state index in [1.807, 2.05) is 74.5 Å². The molecule has 8 aromatic carbocycles. The van der Waals surface area contributed by atoms with Crippen LogP contribution in [-0.2, 0) is 30.9 Å². The number of aryl methyl sites for hydroxylation is 3. The summed E-state index contributed by atoms with van der Waals surface area (Å²) in [5.41, 5.74) is 18.0. The van der Waals surface area contributed by atoms with Crippen LogP contribution in [0.1, 0.15) is 144 Å². The number of anilines is 4. The van der Waals surface area contributed by atoms with E-state index in [1.165, 1.54) is 79.2 Å². The van der Waals surface area contributed by atoms with Gasteiger partial charge in [0.1, 0.15) is 11.2 Å². The van der Waals surface area contributed by atoms with Crippen molar-refractivity contribution < 1.29 is 166 Å². The van der Waals surface area contributed by atoms with Gasteiger partial charge in [0.2, 0.25) is 0 Å². The van der Waals surface area contributed by atoms with Crippen LogP contribution in [0, 0.1) is 81.0 Å². The van der Waals surface area contributed by atoms with Crippen LogP contribution in [0.2, 0.25) is 20.1 Å². The number of benzene rings is 8. The zero-order valence-electron chi connectivity index (χ0n) is 66.8. The van der Waals surface area contributed by atoms with Crippen LogP contribution in [0.5, 0.6) is 0 Å². The van der Waals surface area contributed by atoms with Gasteiger partial charge in [0.05, 0.1) is 17.7 Å². The predicted octanol–water partition coefficient (Wildman–Crippen LogP) is 7.30. The quantitative estimate of drug-likeness (QED) is 0.0133. The van der Waals surface area contributed by atoms with E-state index in [0.717, 1.165) is 78.9 Å². The molecule has 3 aliphatic carbocycles. The van der Waals surface area contributed by atoms with Crippen molar-refractivity contribution in [1.82, 2.24) is 4.90 Å². The number of aliphatic hydroxyl groups excluding tert-OH is 2. The molecule has 113 heavy (non-hydrogen) atoms. The van der Waals surface area contributed by atoms with Crippen LogP contribution in [-0.4, -0.2) is 94.9 Å². The maximum absolute atomic E-state index is 12.6. The van der Waals surface area contributed by atoms with E-state index in [1.54, 1.807) is 38.1 Å². The SMILES string of the molecule is CO.C[C@@H]([CH-]c1ccccc1)N1CCCC1.C[C@](O)(C#CC1CC1)c1cc(Cl)ccc1N.Cc1ccc(CNc2ccc(Cl)cc2C(=O)C(F)(F)F)cc1.Cc1ccc(CNc2ccc(Cl)cc2[C@@](C)(O)C#CC2CC2)cc1.Cc1ccc(CO)cc1.Nc1ccc(Cl)cc1C(=O)C(F)(F)F.[B].[C-]#CC1CC1.[H-].[Li+].[Li+].[Na+].[Na+].[OH-].[OH-]. The maximum Gasteiger partial charge on any atom is 1.00 e. The maximum atomic E-state index is 12.6. The summed E-state index contributed by atoms with van der Waals surface area (Å²) in [6.07, 6.45) is 8.65. The fourth-order valence-corrected chi connectivity index (χ4v) is 10.5. The van der Waals surface area contributed by atoms with E-state index in [0.29, 0.717) is 58.2 Å². The molecule has 28 heteroatoms. The van der Waals surface area contributed by atoms with Crippen LogP contribution in [0.15, 0.2) is 176 Å². The van der Waals surface area contributed by atoms with E-state index in [-0.39, 0.29) is 146 Å². The number of nitrogens with one attached hydrogen (secondary N) is 2. The van der Waals surface area contributed by atoms with Crippen LogP contribution < -0.4 is 119 Å². The summed E-state index contributed by atoms with van der Waals surface area (Å²) in [4.78, 5) is 24.8. The van der Waals surface area contributed by atoms with E-state index in [4.69, 9.17) is 74.5 Å². The summed E-state index contributed by atoms with van der Waals surface area (Å²) in [6.45, 7) is 15.4. The van der Waals surface area contributed by atoms with Crippen LogP contribution in [0.3, 0.4) is 0 Å². The number of rotatable bonds is 14. The molecule has 1 aliphatic heterocycles. The van der Waals surface area contributed by atoms with Crippen molar-refractivity contribution in [2.75, 3.05) is 42.3 Å². The van der Waals surface area contributed by atoms with Gasteiger partial charge in [-0.1, -0.05) is 173 Å². The number of carbonyl (C=O) groups is 2. The van der Waals surface area contributed by atoms with Gasteiger partial charge < -0.3 is 72.1 Å². The van der Waals surface area contributed by atoms with Crippen LogP contribution in [0.4, 0.5) is 49.1 Å². The molecule has 4 aliphatic rings. The topological polar surface area (TPSA) is 254 Å². The standard InChI is InChI=1S/C21H22ClNO.C16H13ClF3NO.C13H14ClNO.C13H18N.C8H5ClF3NO.C8H10O.C5H5.CH4O.B.2Li.2Na.2H2O.H/c1-15-3-5-17(6-4-15)14-23-20-10-9-18(22)13-19(20)21(2,24)12-11-16-7-8-16;1-10-2-4-11(5-3-10)9-21-14-7-6-12(17)8-13(14)15(22)16(18,19)20;1-13(16,7-6-9-2-3-9)11-8-10(14)4-5-12(11)15;1-12(14-9-5-6-10-14)11-13-7-3-2-4-8-13;9-4-1-2-6(13)5(3-4)7(14)8(10,11)12;1-7-2-4-8(6-9)5-3-7;1-2-5-3-4-5;1-2;;;;;;;;/h3-6,9-10,13,16,23-24H,7-8,14H2,1-2H3;2-8,21H,9H2,1H3;4-5,8-9,16H,2-3,15H2,1H3;2-4,7-8,11-12H,5-6,9-10H2,1H3;1-3H,13H2;2-5,9H,6H2,1H3;5H,3-4H2;2H,1H3;;;;;;2*1H2;/q;;;-1;;;-1;;;4*+1;;;-1/p-2/t21-;;13-;12-;;;;;;;;;;;;/m0.00............/s1. The summed E-state index contributed by atoms with van der Waals surface area (Å²) in [6, 6.07) is 52.7. The zero-order valence-corrected chi connectivity index (χ0v) is 72.8. The molecule has 3 saturated carbocycles. The number of nitrogens with two attached hydrogens (primary N) is 2. The van der Waals surface area contributed by atoms with Gasteiger partial charge >= 0.3 is 109 Å². The minimum absolute atomic E-state index is 0. The number of halogens is 10. The molecule has 585 valence electrons. The van der Waals surface area contributed by atoms with Crippen molar-refractivity contribution in [3.8, 4) is 29.6 Å². The zero-order chi connectivity index (χ0) is 78.4. The Morgan fingerprint density at radius 2 is 0.903 bits per heavy atom. The molecule has 3 radical (unpaired) electrons. The molecule has 8 aromatic rings. The molecule has 0 unspecified atom stereocenters. The summed E-state index contributed by atoms with van der Waals surface area (Å²) < 4.78 is 73.9. The number of alkyl halides is 6. The van der Waals surface area contributed by atoms with Crippen LogP contribution in [0.25, 0.3) is 0 Å². The first-order valence-corrected chi connectivity index (χ1v) is 35.8. The van der Waals surface area contributed by atoms with Crippen molar-refractivity contribution in [3.05, 3.63) is 270 Å². The first-order chi connectivity index (χ1) is 50.1. The third-order valence-corrected chi connectivity index (χ3v) is 17.4. The van der Waals surface area contributed by atoms with Gasteiger partial charge in [0.15, 0.2) is 0 Å². The molecular formula is C85H94BCl4F6Li2N5Na2O8-. The van der Waals surface area contributed by atoms with Gasteiger partial charge in [-0.3, -0.25) is 9.59 Å². The molecule has 12 N–H and O–H groups in total. The average molecular weight is 1640 g/mol.